The summed E-state index contributed by atoms with van der Waals surface area (Å²) < 4.78 is 53.7. The normalized spacial score (nSPS) is 19.2. The van der Waals surface area contributed by atoms with Gasteiger partial charge in [-0.1, -0.05) is 23.8 Å². The Labute approximate surface area is 134 Å². The van der Waals surface area contributed by atoms with Crippen molar-refractivity contribution >= 4 is 10.0 Å². The number of hydrogen-bond donors (Lipinski definition) is 0. The quantitative estimate of drug-likeness (QED) is 0.854. The number of benzene rings is 2. The summed E-state index contributed by atoms with van der Waals surface area (Å²) in [4.78, 5) is 0.220. The van der Waals surface area contributed by atoms with Crippen LogP contribution in [0.2, 0.25) is 0 Å². The fraction of sp³-hybridized carbons (Fsp3) is 0.294. The molecule has 2 aromatic rings. The summed E-state index contributed by atoms with van der Waals surface area (Å²) >= 11 is 0. The number of hydrogen-bond acceptors (Lipinski definition) is 2. The van der Waals surface area contributed by atoms with Crippen LogP contribution >= 0.6 is 0 Å². The van der Waals surface area contributed by atoms with Crippen LogP contribution in [0.15, 0.2) is 47.4 Å². The molecule has 0 radical (unpaired) electrons. The third-order valence-electron chi connectivity index (χ3n) is 4.16. The van der Waals surface area contributed by atoms with Crippen LogP contribution < -0.4 is 0 Å². The first-order chi connectivity index (χ1) is 10.9. The third kappa shape index (κ3) is 3.01. The molecule has 1 fully saturated rings. The van der Waals surface area contributed by atoms with Gasteiger partial charge < -0.3 is 0 Å². The molecule has 0 bridgehead atoms. The fourth-order valence-electron chi connectivity index (χ4n) is 2.93. The predicted molar refractivity (Wildman–Crippen MR) is 83.4 cm³/mol. The molecule has 122 valence electrons. The molecular weight excluding hydrogens is 320 g/mol. The largest absolute Gasteiger partial charge is 0.243 e. The summed E-state index contributed by atoms with van der Waals surface area (Å²) in [5.74, 6) is -1.89. The first kappa shape index (κ1) is 16.1. The van der Waals surface area contributed by atoms with Gasteiger partial charge in [0.1, 0.15) is 0 Å². The van der Waals surface area contributed by atoms with Gasteiger partial charge in [0, 0.05) is 6.54 Å². The van der Waals surface area contributed by atoms with Gasteiger partial charge in [0.2, 0.25) is 10.0 Å². The van der Waals surface area contributed by atoms with Crippen molar-refractivity contribution < 1.29 is 17.2 Å². The summed E-state index contributed by atoms with van der Waals surface area (Å²) in [5, 5.41) is 0. The molecular formula is C17H17F2NO2S. The predicted octanol–water partition coefficient (Wildman–Crippen LogP) is 3.80. The Balaban J connectivity index is 1.97. The van der Waals surface area contributed by atoms with E-state index >= 15 is 0 Å². The molecule has 0 spiro atoms. The number of rotatable bonds is 3. The third-order valence-corrected chi connectivity index (χ3v) is 6.08. The highest BCUT2D eigenvalue weighted by atomic mass is 32.2. The second-order valence-electron chi connectivity index (χ2n) is 5.76. The number of aryl methyl sites for hydroxylation is 1. The van der Waals surface area contributed by atoms with Gasteiger partial charge in [-0.3, -0.25) is 0 Å². The van der Waals surface area contributed by atoms with Crippen LogP contribution in [0.4, 0.5) is 8.78 Å². The van der Waals surface area contributed by atoms with E-state index in [2.05, 4.69) is 0 Å². The van der Waals surface area contributed by atoms with Gasteiger partial charge >= 0.3 is 0 Å². The molecule has 6 heteroatoms. The Bertz CT molecular complexity index is 819. The summed E-state index contributed by atoms with van der Waals surface area (Å²) in [6.45, 7) is 2.26. The Morgan fingerprint density at radius 3 is 2.39 bits per heavy atom. The molecule has 0 N–H and O–H groups in total. The van der Waals surface area contributed by atoms with Gasteiger partial charge in [-0.05, 0) is 49.6 Å². The van der Waals surface area contributed by atoms with Crippen molar-refractivity contribution in [3.05, 3.63) is 65.2 Å². The van der Waals surface area contributed by atoms with Crippen molar-refractivity contribution in [2.24, 2.45) is 0 Å². The smallest absolute Gasteiger partial charge is 0.207 e. The van der Waals surface area contributed by atoms with Crippen LogP contribution in [0, 0.1) is 18.6 Å². The molecule has 0 aromatic heterocycles. The molecule has 0 amide bonds. The van der Waals surface area contributed by atoms with Crippen LogP contribution in [-0.2, 0) is 10.0 Å². The Hall–Kier alpha value is -1.79. The molecule has 1 heterocycles. The second kappa shape index (κ2) is 6.02. The lowest BCUT2D eigenvalue weighted by molar-refractivity contribution is 0.394. The Morgan fingerprint density at radius 1 is 1.04 bits per heavy atom. The van der Waals surface area contributed by atoms with Gasteiger partial charge in [0.25, 0.3) is 0 Å². The molecule has 3 rings (SSSR count). The van der Waals surface area contributed by atoms with Gasteiger partial charge in [0.05, 0.1) is 10.9 Å². The molecule has 0 saturated carbocycles. The van der Waals surface area contributed by atoms with Gasteiger partial charge in [-0.15, -0.1) is 0 Å². The Kier molecular flexibility index (Phi) is 4.21. The zero-order chi connectivity index (χ0) is 16.6. The fourth-order valence-corrected chi connectivity index (χ4v) is 4.61. The highest BCUT2D eigenvalue weighted by Crippen LogP contribution is 2.36. The van der Waals surface area contributed by atoms with E-state index in [1.54, 1.807) is 24.3 Å². The minimum absolute atomic E-state index is 0.220. The molecule has 0 unspecified atom stereocenters. The zero-order valence-electron chi connectivity index (χ0n) is 12.7. The second-order valence-corrected chi connectivity index (χ2v) is 7.65. The van der Waals surface area contributed by atoms with Crippen molar-refractivity contribution in [2.75, 3.05) is 6.54 Å². The van der Waals surface area contributed by atoms with Gasteiger partial charge in [-0.2, -0.15) is 4.31 Å². The number of halogens is 2. The van der Waals surface area contributed by atoms with Crippen molar-refractivity contribution in [1.82, 2.24) is 4.31 Å². The van der Waals surface area contributed by atoms with Crippen LogP contribution in [0.25, 0.3) is 0 Å². The van der Waals surface area contributed by atoms with Crippen molar-refractivity contribution in [1.29, 1.82) is 0 Å². The topological polar surface area (TPSA) is 37.4 Å². The molecule has 1 atom stereocenters. The molecule has 3 nitrogen and oxygen atoms in total. The van der Waals surface area contributed by atoms with Crippen molar-refractivity contribution in [3.8, 4) is 0 Å². The summed E-state index contributed by atoms with van der Waals surface area (Å²) in [6, 6.07) is 9.76. The molecule has 23 heavy (non-hydrogen) atoms. The van der Waals surface area contributed by atoms with E-state index < -0.39 is 27.7 Å². The maximum absolute atomic E-state index is 13.5. The van der Waals surface area contributed by atoms with E-state index in [-0.39, 0.29) is 4.90 Å². The first-order valence-electron chi connectivity index (χ1n) is 7.43. The van der Waals surface area contributed by atoms with E-state index in [9.17, 15) is 17.2 Å². The summed E-state index contributed by atoms with van der Waals surface area (Å²) in [6.07, 6.45) is 1.28. The highest BCUT2D eigenvalue weighted by molar-refractivity contribution is 7.89. The maximum atomic E-state index is 13.5. The van der Waals surface area contributed by atoms with E-state index in [4.69, 9.17) is 0 Å². The molecule has 1 saturated heterocycles. The lowest BCUT2D eigenvalue weighted by atomic mass is 10.1. The Morgan fingerprint density at radius 2 is 1.74 bits per heavy atom. The maximum Gasteiger partial charge on any atom is 0.243 e. The van der Waals surface area contributed by atoms with Gasteiger partial charge in [0.15, 0.2) is 11.6 Å². The minimum atomic E-state index is -3.66. The van der Waals surface area contributed by atoms with Crippen LogP contribution in [0.3, 0.4) is 0 Å². The van der Waals surface area contributed by atoms with E-state index in [1.165, 1.54) is 10.4 Å². The molecule has 1 aliphatic heterocycles. The lowest BCUT2D eigenvalue weighted by Crippen LogP contribution is -2.30. The summed E-state index contributed by atoms with van der Waals surface area (Å²) in [7, 11) is -3.66. The number of nitrogens with zero attached hydrogens (tertiary/aromatic N) is 1. The van der Waals surface area contributed by atoms with Crippen LogP contribution in [-0.4, -0.2) is 19.3 Å². The monoisotopic (exact) mass is 337 g/mol. The average molecular weight is 337 g/mol. The average Bonchev–Trinajstić information content (AvgIpc) is 3.01. The van der Waals surface area contributed by atoms with E-state index in [1.807, 2.05) is 6.92 Å². The molecule has 0 aliphatic carbocycles. The SMILES string of the molecule is Cc1ccc(S(=O)(=O)N2CCC[C@H]2c2ccc(F)c(F)c2)cc1. The standard InChI is InChI=1S/C17H17F2NO2S/c1-12-4-7-14(8-5-12)23(21,22)20-10-2-3-17(20)13-6-9-15(18)16(19)11-13/h4-9,11,17H,2-3,10H2,1H3/t17-/m0/s1. The van der Waals surface area contributed by atoms with Crippen molar-refractivity contribution in [3.63, 3.8) is 0 Å². The first-order valence-corrected chi connectivity index (χ1v) is 8.87. The van der Waals surface area contributed by atoms with Crippen LogP contribution in [0.5, 0.6) is 0 Å². The van der Waals surface area contributed by atoms with E-state index in [0.29, 0.717) is 24.9 Å². The molecule has 1 aliphatic rings. The minimum Gasteiger partial charge on any atom is -0.207 e. The molecule has 2 aromatic carbocycles. The summed E-state index contributed by atoms with van der Waals surface area (Å²) in [5.41, 5.74) is 1.46. The highest BCUT2D eigenvalue weighted by Gasteiger charge is 2.36. The zero-order valence-corrected chi connectivity index (χ0v) is 13.5. The lowest BCUT2D eigenvalue weighted by Gasteiger charge is -2.24. The van der Waals surface area contributed by atoms with E-state index in [0.717, 1.165) is 17.7 Å². The number of sulfonamides is 1. The van der Waals surface area contributed by atoms with Crippen molar-refractivity contribution in [2.45, 2.75) is 30.7 Å². The van der Waals surface area contributed by atoms with Gasteiger partial charge in [-0.25, -0.2) is 17.2 Å². The van der Waals surface area contributed by atoms with Crippen LogP contribution in [0.1, 0.15) is 30.0 Å².